The van der Waals surface area contributed by atoms with E-state index < -0.39 is 0 Å². The van der Waals surface area contributed by atoms with Crippen LogP contribution in [0.1, 0.15) is 11.1 Å². The highest BCUT2D eigenvalue weighted by Gasteiger charge is 2.02. The Balaban J connectivity index is 0.00000121. The molecule has 0 aliphatic heterocycles. The van der Waals surface area contributed by atoms with Crippen molar-refractivity contribution in [2.24, 2.45) is 11.5 Å². The van der Waals surface area contributed by atoms with Gasteiger partial charge in [-0.1, -0.05) is 18.2 Å². The fourth-order valence-corrected chi connectivity index (χ4v) is 0.974. The van der Waals surface area contributed by atoms with Crippen LogP contribution in [0.2, 0.25) is 0 Å². The number of benzene rings is 1. The van der Waals surface area contributed by atoms with Gasteiger partial charge in [-0.15, -0.1) is 12.4 Å². The summed E-state index contributed by atoms with van der Waals surface area (Å²) < 4.78 is 0. The normalized spacial score (nSPS) is 9.17. The lowest BCUT2D eigenvalue weighted by Gasteiger charge is -2.05. The van der Waals surface area contributed by atoms with E-state index in [9.17, 15) is 5.11 Å². The van der Waals surface area contributed by atoms with Crippen molar-refractivity contribution < 1.29 is 5.11 Å². The van der Waals surface area contributed by atoms with E-state index in [4.69, 9.17) is 11.5 Å². The zero-order valence-electron chi connectivity index (χ0n) is 6.66. The van der Waals surface area contributed by atoms with Gasteiger partial charge in [-0.05, 0) is 0 Å². The van der Waals surface area contributed by atoms with E-state index in [0.29, 0.717) is 13.1 Å². The number of hydrogen-bond donors (Lipinski definition) is 3. The summed E-state index contributed by atoms with van der Waals surface area (Å²) in [4.78, 5) is 0. The van der Waals surface area contributed by atoms with Crippen molar-refractivity contribution in [3.8, 4) is 5.75 Å². The number of halogens is 1. The summed E-state index contributed by atoms with van der Waals surface area (Å²) in [5.41, 5.74) is 12.2. The van der Waals surface area contributed by atoms with E-state index in [1.54, 1.807) is 12.1 Å². The summed E-state index contributed by atoms with van der Waals surface area (Å²) in [6, 6.07) is 5.41. The Morgan fingerprint density at radius 3 is 1.83 bits per heavy atom. The second-order valence-electron chi connectivity index (χ2n) is 2.33. The molecule has 1 aromatic rings. The Kier molecular flexibility index (Phi) is 4.66. The van der Waals surface area contributed by atoms with Gasteiger partial charge >= 0.3 is 0 Å². The van der Waals surface area contributed by atoms with Gasteiger partial charge in [-0.2, -0.15) is 0 Å². The van der Waals surface area contributed by atoms with Crippen molar-refractivity contribution in [3.05, 3.63) is 29.3 Å². The fraction of sp³-hybridized carbons (Fsp3) is 0.250. The van der Waals surface area contributed by atoms with E-state index in [0.717, 1.165) is 11.1 Å². The maximum absolute atomic E-state index is 9.43. The molecular formula is C8H13ClN2O. The molecule has 5 N–H and O–H groups in total. The third-order valence-corrected chi connectivity index (χ3v) is 1.64. The van der Waals surface area contributed by atoms with Gasteiger partial charge in [0.1, 0.15) is 5.75 Å². The Labute approximate surface area is 77.8 Å². The van der Waals surface area contributed by atoms with Crippen LogP contribution in [0.15, 0.2) is 18.2 Å². The van der Waals surface area contributed by atoms with Crippen LogP contribution in [0.5, 0.6) is 5.75 Å². The third kappa shape index (κ3) is 2.11. The molecule has 0 bridgehead atoms. The summed E-state index contributed by atoms with van der Waals surface area (Å²) in [7, 11) is 0. The molecule has 0 aliphatic carbocycles. The molecule has 0 atom stereocenters. The maximum Gasteiger partial charge on any atom is 0.124 e. The van der Waals surface area contributed by atoms with Crippen molar-refractivity contribution in [1.29, 1.82) is 0 Å². The fourth-order valence-electron chi connectivity index (χ4n) is 0.974. The number of phenolic OH excluding ortho intramolecular Hbond substituents is 1. The molecule has 0 radical (unpaired) electrons. The predicted molar refractivity (Wildman–Crippen MR) is 51.1 cm³/mol. The van der Waals surface area contributed by atoms with Crippen molar-refractivity contribution >= 4 is 12.4 Å². The lowest BCUT2D eigenvalue weighted by Crippen LogP contribution is -2.01. The highest BCUT2D eigenvalue weighted by atomic mass is 35.5. The molecule has 0 heterocycles. The van der Waals surface area contributed by atoms with E-state index in [1.807, 2.05) is 6.07 Å². The van der Waals surface area contributed by atoms with Crippen LogP contribution in [-0.4, -0.2) is 5.11 Å². The lowest BCUT2D eigenvalue weighted by molar-refractivity contribution is 0.461. The molecule has 1 aromatic carbocycles. The van der Waals surface area contributed by atoms with Gasteiger partial charge in [-0.3, -0.25) is 0 Å². The summed E-state index contributed by atoms with van der Waals surface area (Å²) in [6.07, 6.45) is 0. The first-order valence-corrected chi connectivity index (χ1v) is 3.49. The second-order valence-corrected chi connectivity index (χ2v) is 2.33. The number of nitrogens with two attached hydrogens (primary N) is 2. The highest BCUT2D eigenvalue weighted by Crippen LogP contribution is 2.20. The minimum Gasteiger partial charge on any atom is -0.507 e. The molecule has 1 rings (SSSR count). The molecule has 0 spiro atoms. The van der Waals surface area contributed by atoms with Gasteiger partial charge in [0, 0.05) is 24.2 Å². The quantitative estimate of drug-likeness (QED) is 0.641. The van der Waals surface area contributed by atoms with Crippen LogP contribution in [0.3, 0.4) is 0 Å². The Morgan fingerprint density at radius 1 is 1.08 bits per heavy atom. The van der Waals surface area contributed by atoms with Gasteiger partial charge in [0.2, 0.25) is 0 Å². The van der Waals surface area contributed by atoms with Crippen LogP contribution >= 0.6 is 12.4 Å². The Bertz CT molecular complexity index is 231. The number of aromatic hydroxyl groups is 1. The van der Waals surface area contributed by atoms with Crippen LogP contribution in [0, 0.1) is 0 Å². The molecule has 0 fully saturated rings. The highest BCUT2D eigenvalue weighted by molar-refractivity contribution is 5.85. The predicted octanol–water partition coefficient (Wildman–Crippen LogP) is 0.731. The van der Waals surface area contributed by atoms with E-state index in [1.165, 1.54) is 0 Å². The average molecular weight is 189 g/mol. The smallest absolute Gasteiger partial charge is 0.124 e. The lowest BCUT2D eigenvalue weighted by atomic mass is 10.1. The number of hydrogen-bond acceptors (Lipinski definition) is 3. The Hall–Kier alpha value is -0.770. The van der Waals surface area contributed by atoms with Crippen LogP contribution in [-0.2, 0) is 13.1 Å². The summed E-state index contributed by atoms with van der Waals surface area (Å²) >= 11 is 0. The minimum absolute atomic E-state index is 0. The molecule has 68 valence electrons. The maximum atomic E-state index is 9.43. The van der Waals surface area contributed by atoms with Crippen LogP contribution in [0.4, 0.5) is 0 Å². The summed E-state index contributed by atoms with van der Waals surface area (Å²) in [6.45, 7) is 0.694. The molecule has 0 aliphatic rings. The van der Waals surface area contributed by atoms with E-state index >= 15 is 0 Å². The molecule has 0 aromatic heterocycles. The van der Waals surface area contributed by atoms with E-state index in [-0.39, 0.29) is 18.2 Å². The summed E-state index contributed by atoms with van der Waals surface area (Å²) in [5, 5.41) is 9.43. The first-order valence-electron chi connectivity index (χ1n) is 3.49. The first-order chi connectivity index (χ1) is 5.29. The third-order valence-electron chi connectivity index (χ3n) is 1.64. The van der Waals surface area contributed by atoms with Gasteiger partial charge in [0.25, 0.3) is 0 Å². The van der Waals surface area contributed by atoms with Gasteiger partial charge < -0.3 is 16.6 Å². The Morgan fingerprint density at radius 2 is 1.50 bits per heavy atom. The topological polar surface area (TPSA) is 72.3 Å². The van der Waals surface area contributed by atoms with Crippen molar-refractivity contribution in [2.75, 3.05) is 0 Å². The van der Waals surface area contributed by atoms with Crippen molar-refractivity contribution in [2.45, 2.75) is 13.1 Å². The minimum atomic E-state index is 0. The molecule has 0 saturated heterocycles. The van der Waals surface area contributed by atoms with Gasteiger partial charge in [-0.25, -0.2) is 0 Å². The standard InChI is InChI=1S/C8H12N2O.ClH/c9-4-6-2-1-3-7(5-10)8(6)11;/h1-3,11H,4-5,9-10H2;1H. The monoisotopic (exact) mass is 188 g/mol. The van der Waals surface area contributed by atoms with Crippen molar-refractivity contribution in [3.63, 3.8) is 0 Å². The molecule has 0 unspecified atom stereocenters. The molecule has 0 saturated carbocycles. The second kappa shape index (κ2) is 4.98. The van der Waals surface area contributed by atoms with E-state index in [2.05, 4.69) is 0 Å². The van der Waals surface area contributed by atoms with Gasteiger partial charge in [0.05, 0.1) is 0 Å². The average Bonchev–Trinajstić information content (AvgIpc) is 2.05. The molecule has 0 amide bonds. The number of para-hydroxylation sites is 1. The zero-order chi connectivity index (χ0) is 8.27. The molecule has 12 heavy (non-hydrogen) atoms. The SMILES string of the molecule is Cl.NCc1cccc(CN)c1O. The molecular weight excluding hydrogens is 176 g/mol. The number of phenols is 1. The largest absolute Gasteiger partial charge is 0.507 e. The van der Waals surface area contributed by atoms with Gasteiger partial charge in [0.15, 0.2) is 0 Å². The molecule has 4 heteroatoms. The van der Waals surface area contributed by atoms with Crippen molar-refractivity contribution in [1.82, 2.24) is 0 Å². The summed E-state index contributed by atoms with van der Waals surface area (Å²) in [5.74, 6) is 0.234. The van der Waals surface area contributed by atoms with Crippen LogP contribution in [0.25, 0.3) is 0 Å². The number of rotatable bonds is 2. The van der Waals surface area contributed by atoms with Crippen LogP contribution < -0.4 is 11.5 Å². The first kappa shape index (κ1) is 11.2. The molecule has 3 nitrogen and oxygen atoms in total. The zero-order valence-corrected chi connectivity index (χ0v) is 7.47.